The first kappa shape index (κ1) is 26.5. The second kappa shape index (κ2) is 11.2. The maximum atomic E-state index is 2.49. The number of hydrogen-bond donors (Lipinski definition) is 0. The quantitative estimate of drug-likeness (QED) is 0.194. The molecule has 1 aliphatic rings. The maximum absolute atomic E-state index is 2.49. The third kappa shape index (κ3) is 4.41. The van der Waals surface area contributed by atoms with E-state index in [1.165, 1.54) is 87.8 Å². The molecule has 0 amide bonds. The molecule has 0 aliphatic heterocycles. The minimum Gasteiger partial charge on any atom is -0.310 e. The summed E-state index contributed by atoms with van der Waals surface area (Å²) in [5.41, 5.74) is 10.1. The van der Waals surface area contributed by atoms with Gasteiger partial charge >= 0.3 is 0 Å². The van der Waals surface area contributed by atoms with E-state index in [1.54, 1.807) is 0 Å². The van der Waals surface area contributed by atoms with Crippen molar-refractivity contribution < 1.29 is 0 Å². The zero-order valence-electron chi connectivity index (χ0n) is 24.9. The van der Waals surface area contributed by atoms with Crippen LogP contribution in [-0.4, -0.2) is 4.57 Å². The third-order valence-corrected chi connectivity index (χ3v) is 9.64. The van der Waals surface area contributed by atoms with Crippen molar-refractivity contribution in [1.82, 2.24) is 4.57 Å². The van der Waals surface area contributed by atoms with E-state index in [9.17, 15) is 0 Å². The Morgan fingerprint density at radius 3 is 1.86 bits per heavy atom. The van der Waals surface area contributed by atoms with E-state index in [4.69, 9.17) is 0 Å². The van der Waals surface area contributed by atoms with Crippen LogP contribution < -0.4 is 4.90 Å². The highest BCUT2D eigenvalue weighted by molar-refractivity contribution is 6.10. The van der Waals surface area contributed by atoms with Crippen LogP contribution in [0.1, 0.15) is 43.2 Å². The summed E-state index contributed by atoms with van der Waals surface area (Å²) in [6.07, 6.45) is 6.14. The summed E-state index contributed by atoms with van der Waals surface area (Å²) < 4.78 is 2.39. The molecule has 1 heterocycles. The van der Waals surface area contributed by atoms with Crippen LogP contribution in [0.4, 0.5) is 17.1 Å². The van der Waals surface area contributed by atoms with E-state index in [0.29, 0.717) is 0 Å². The molecule has 6 aromatic carbocycles. The van der Waals surface area contributed by atoms with Crippen LogP contribution in [0, 0.1) is 0 Å². The fourth-order valence-electron chi connectivity index (χ4n) is 7.66. The van der Waals surface area contributed by atoms with Gasteiger partial charge in [0.15, 0.2) is 0 Å². The number of aromatic nitrogens is 1. The Morgan fingerprint density at radius 2 is 1.09 bits per heavy atom. The standard InChI is InChI=1S/C42H36N2/c1-5-17-32(18-6-1)42(29-15-4-16-30-42)38-24-12-14-26-41(38)43(33-19-7-2-8-20-33)35-27-28-40-37(31-35)36-23-11-13-25-39(36)44(40)34-21-9-3-10-22-34/h1-3,5-14,17-28,31H,4,15-16,29-30H2. The summed E-state index contributed by atoms with van der Waals surface area (Å²) in [6, 6.07) is 57.8. The highest BCUT2D eigenvalue weighted by Gasteiger charge is 2.38. The third-order valence-electron chi connectivity index (χ3n) is 9.64. The number of hydrogen-bond acceptors (Lipinski definition) is 1. The lowest BCUT2D eigenvalue weighted by Gasteiger charge is -2.41. The van der Waals surface area contributed by atoms with Crippen molar-refractivity contribution in [2.75, 3.05) is 4.90 Å². The average Bonchev–Trinajstić information content (AvgIpc) is 3.44. The van der Waals surface area contributed by atoms with Gasteiger partial charge in [0.2, 0.25) is 0 Å². The molecular weight excluding hydrogens is 532 g/mol. The van der Waals surface area contributed by atoms with Crippen molar-refractivity contribution in [3.8, 4) is 5.69 Å². The van der Waals surface area contributed by atoms with Gasteiger partial charge in [0.25, 0.3) is 0 Å². The van der Waals surface area contributed by atoms with Crippen LogP contribution in [-0.2, 0) is 5.41 Å². The van der Waals surface area contributed by atoms with Crippen molar-refractivity contribution >= 4 is 38.9 Å². The van der Waals surface area contributed by atoms with Crippen molar-refractivity contribution in [3.63, 3.8) is 0 Å². The Morgan fingerprint density at radius 1 is 0.477 bits per heavy atom. The molecule has 1 aromatic heterocycles. The van der Waals surface area contributed by atoms with E-state index in [0.717, 1.165) is 0 Å². The summed E-state index contributed by atoms with van der Waals surface area (Å²) in [5, 5.41) is 2.53. The largest absolute Gasteiger partial charge is 0.310 e. The van der Waals surface area contributed by atoms with Gasteiger partial charge in [-0.3, -0.25) is 0 Å². The lowest BCUT2D eigenvalue weighted by atomic mass is 9.64. The van der Waals surface area contributed by atoms with Gasteiger partial charge in [0, 0.05) is 33.2 Å². The van der Waals surface area contributed by atoms with Crippen LogP contribution >= 0.6 is 0 Å². The Hall–Kier alpha value is -5.08. The normalized spacial score (nSPS) is 14.5. The summed E-state index contributed by atoms with van der Waals surface area (Å²) >= 11 is 0. The molecule has 0 N–H and O–H groups in total. The first-order valence-corrected chi connectivity index (χ1v) is 15.9. The lowest BCUT2D eigenvalue weighted by Crippen LogP contribution is -2.32. The smallest absolute Gasteiger partial charge is 0.0542 e. The second-order valence-electron chi connectivity index (χ2n) is 12.1. The molecule has 2 nitrogen and oxygen atoms in total. The Bertz CT molecular complexity index is 2030. The first-order chi connectivity index (χ1) is 21.8. The molecule has 1 fully saturated rings. The van der Waals surface area contributed by atoms with Crippen molar-refractivity contribution in [2.24, 2.45) is 0 Å². The fourth-order valence-corrected chi connectivity index (χ4v) is 7.66. The number of anilines is 3. The molecule has 214 valence electrons. The van der Waals surface area contributed by atoms with Gasteiger partial charge in [-0.25, -0.2) is 0 Å². The molecule has 0 unspecified atom stereocenters. The van der Waals surface area contributed by atoms with E-state index in [1.807, 2.05) is 0 Å². The zero-order chi connectivity index (χ0) is 29.3. The molecule has 0 saturated heterocycles. The van der Waals surface area contributed by atoms with Crippen LogP contribution in [0.5, 0.6) is 0 Å². The first-order valence-electron chi connectivity index (χ1n) is 15.9. The number of benzene rings is 6. The van der Waals surface area contributed by atoms with E-state index < -0.39 is 0 Å². The molecule has 7 aromatic rings. The number of para-hydroxylation sites is 4. The molecular formula is C42H36N2. The molecule has 1 aliphatic carbocycles. The van der Waals surface area contributed by atoms with Crippen LogP contribution in [0.3, 0.4) is 0 Å². The summed E-state index contributed by atoms with van der Waals surface area (Å²) in [7, 11) is 0. The minimum atomic E-state index is -0.0173. The molecule has 1 saturated carbocycles. The predicted octanol–water partition coefficient (Wildman–Crippen LogP) is 11.5. The SMILES string of the molecule is c1ccc(N(c2ccc3c(c2)c2ccccc2n3-c2ccccc2)c2ccccc2C2(c3ccccc3)CCCCC2)cc1. The number of nitrogens with zero attached hydrogens (tertiary/aromatic N) is 2. The topological polar surface area (TPSA) is 8.17 Å². The molecule has 0 bridgehead atoms. The van der Waals surface area contributed by atoms with E-state index in [-0.39, 0.29) is 5.41 Å². The minimum absolute atomic E-state index is 0.0173. The van der Waals surface area contributed by atoms with Gasteiger partial charge in [0.1, 0.15) is 0 Å². The molecule has 0 atom stereocenters. The summed E-state index contributed by atoms with van der Waals surface area (Å²) in [6.45, 7) is 0. The number of rotatable bonds is 6. The molecule has 2 heteroatoms. The highest BCUT2D eigenvalue weighted by Crippen LogP contribution is 2.50. The predicted molar refractivity (Wildman–Crippen MR) is 186 cm³/mol. The molecule has 0 spiro atoms. The van der Waals surface area contributed by atoms with Gasteiger partial charge in [-0.1, -0.05) is 122 Å². The average molecular weight is 569 g/mol. The van der Waals surface area contributed by atoms with Gasteiger partial charge in [-0.05, 0) is 78.6 Å². The van der Waals surface area contributed by atoms with E-state index >= 15 is 0 Å². The van der Waals surface area contributed by atoms with Gasteiger partial charge < -0.3 is 9.47 Å². The number of fused-ring (bicyclic) bond motifs is 3. The van der Waals surface area contributed by atoms with Gasteiger partial charge in [-0.15, -0.1) is 0 Å². The Kier molecular flexibility index (Phi) is 6.76. The van der Waals surface area contributed by atoms with Crippen molar-refractivity contribution in [1.29, 1.82) is 0 Å². The monoisotopic (exact) mass is 568 g/mol. The Balaban J connectivity index is 1.37. The van der Waals surface area contributed by atoms with Gasteiger partial charge in [0.05, 0.1) is 16.7 Å². The van der Waals surface area contributed by atoms with Crippen molar-refractivity contribution in [3.05, 3.63) is 169 Å². The lowest BCUT2D eigenvalue weighted by molar-refractivity contribution is 0.346. The van der Waals surface area contributed by atoms with Crippen molar-refractivity contribution in [2.45, 2.75) is 37.5 Å². The summed E-state index contributed by atoms with van der Waals surface area (Å²) in [4.78, 5) is 2.49. The molecule has 0 radical (unpaired) electrons. The maximum Gasteiger partial charge on any atom is 0.0542 e. The zero-order valence-corrected chi connectivity index (χ0v) is 24.9. The molecule has 8 rings (SSSR count). The molecule has 44 heavy (non-hydrogen) atoms. The van der Waals surface area contributed by atoms with Crippen LogP contribution in [0.15, 0.2) is 158 Å². The highest BCUT2D eigenvalue weighted by atomic mass is 15.1. The van der Waals surface area contributed by atoms with Crippen LogP contribution in [0.2, 0.25) is 0 Å². The van der Waals surface area contributed by atoms with E-state index in [2.05, 4.69) is 167 Å². The van der Waals surface area contributed by atoms with Crippen LogP contribution in [0.25, 0.3) is 27.5 Å². The summed E-state index contributed by atoms with van der Waals surface area (Å²) in [5.74, 6) is 0. The second-order valence-corrected chi connectivity index (χ2v) is 12.1. The van der Waals surface area contributed by atoms with Gasteiger partial charge in [-0.2, -0.15) is 0 Å². The fraction of sp³-hybridized carbons (Fsp3) is 0.143. The Labute approximate surface area is 259 Å².